The molecule has 0 aliphatic heterocycles. The van der Waals surface area contributed by atoms with Gasteiger partial charge in [-0.15, -0.1) is 0 Å². The number of hydrogen-bond acceptors (Lipinski definition) is 2. The van der Waals surface area contributed by atoms with E-state index in [0.717, 1.165) is 5.56 Å². The lowest BCUT2D eigenvalue weighted by Crippen LogP contribution is -1.96. The summed E-state index contributed by atoms with van der Waals surface area (Å²) in [6.45, 7) is 4.10. The zero-order chi connectivity index (χ0) is 13.1. The van der Waals surface area contributed by atoms with Gasteiger partial charge >= 0.3 is 0 Å². The molecule has 0 aliphatic rings. The molecule has 0 atom stereocenters. The molecule has 0 saturated carbocycles. The van der Waals surface area contributed by atoms with Crippen LogP contribution in [-0.2, 0) is 0 Å². The Morgan fingerprint density at radius 3 is 2.67 bits per heavy atom. The van der Waals surface area contributed by atoms with Crippen LogP contribution in [0.3, 0.4) is 0 Å². The molecule has 1 heterocycles. The predicted octanol–water partition coefficient (Wildman–Crippen LogP) is 4.79. The lowest BCUT2D eigenvalue weighted by atomic mass is 10.0. The number of para-hydroxylation sites is 1. The van der Waals surface area contributed by atoms with Crippen molar-refractivity contribution in [2.24, 2.45) is 0 Å². The summed E-state index contributed by atoms with van der Waals surface area (Å²) in [7, 11) is 0. The molecular formula is C14H13ClFNO. The number of nitrogens with zero attached hydrogens (tertiary/aromatic N) is 1. The molecule has 18 heavy (non-hydrogen) atoms. The Hall–Kier alpha value is -1.61. The largest absolute Gasteiger partial charge is 0.436 e. The highest BCUT2D eigenvalue weighted by Crippen LogP contribution is 2.30. The highest BCUT2D eigenvalue weighted by atomic mass is 35.5. The van der Waals surface area contributed by atoms with E-state index in [4.69, 9.17) is 16.3 Å². The molecule has 0 amide bonds. The van der Waals surface area contributed by atoms with Gasteiger partial charge < -0.3 is 4.74 Å². The molecule has 2 nitrogen and oxygen atoms in total. The van der Waals surface area contributed by atoms with Crippen LogP contribution in [0.5, 0.6) is 11.6 Å². The Bertz CT molecular complexity index is 557. The van der Waals surface area contributed by atoms with Crippen molar-refractivity contribution in [1.29, 1.82) is 0 Å². The van der Waals surface area contributed by atoms with Crippen molar-refractivity contribution in [3.63, 3.8) is 0 Å². The topological polar surface area (TPSA) is 22.1 Å². The summed E-state index contributed by atoms with van der Waals surface area (Å²) in [4.78, 5) is 3.84. The highest BCUT2D eigenvalue weighted by Gasteiger charge is 2.11. The Balaban J connectivity index is 2.34. The van der Waals surface area contributed by atoms with Crippen LogP contribution in [0.15, 0.2) is 36.5 Å². The zero-order valence-corrected chi connectivity index (χ0v) is 10.9. The molecule has 1 aromatic heterocycles. The Morgan fingerprint density at radius 2 is 2.00 bits per heavy atom. The van der Waals surface area contributed by atoms with Gasteiger partial charge in [-0.3, -0.25) is 0 Å². The molecule has 0 N–H and O–H groups in total. The summed E-state index contributed by atoms with van der Waals surface area (Å²) in [5, 5.41) is 0.247. The van der Waals surface area contributed by atoms with E-state index in [1.54, 1.807) is 6.07 Å². The SMILES string of the molecule is CC(C)c1ccccc1Oc1ncc(Cl)cc1F. The molecular weight excluding hydrogens is 253 g/mol. The number of pyridine rings is 1. The van der Waals surface area contributed by atoms with Gasteiger partial charge in [0.2, 0.25) is 0 Å². The van der Waals surface area contributed by atoms with Crippen molar-refractivity contribution in [3.8, 4) is 11.6 Å². The van der Waals surface area contributed by atoms with Crippen LogP contribution >= 0.6 is 11.6 Å². The minimum Gasteiger partial charge on any atom is -0.436 e. The second-order valence-electron chi connectivity index (χ2n) is 4.24. The average molecular weight is 266 g/mol. The lowest BCUT2D eigenvalue weighted by Gasteiger charge is -2.13. The van der Waals surface area contributed by atoms with E-state index in [1.165, 1.54) is 12.3 Å². The molecule has 0 bridgehead atoms. The maximum absolute atomic E-state index is 13.6. The first-order valence-corrected chi connectivity index (χ1v) is 6.03. The molecule has 94 valence electrons. The van der Waals surface area contributed by atoms with Crippen molar-refractivity contribution in [1.82, 2.24) is 4.98 Å². The van der Waals surface area contributed by atoms with E-state index in [-0.39, 0.29) is 16.8 Å². The van der Waals surface area contributed by atoms with Gasteiger partial charge in [0.05, 0.1) is 5.02 Å². The fourth-order valence-corrected chi connectivity index (χ4v) is 1.78. The molecule has 0 fully saturated rings. The maximum atomic E-state index is 13.6. The van der Waals surface area contributed by atoms with Gasteiger partial charge in [0, 0.05) is 6.20 Å². The van der Waals surface area contributed by atoms with Crippen LogP contribution in [0.4, 0.5) is 4.39 Å². The van der Waals surface area contributed by atoms with E-state index < -0.39 is 5.82 Å². The highest BCUT2D eigenvalue weighted by molar-refractivity contribution is 6.30. The first-order valence-electron chi connectivity index (χ1n) is 5.65. The van der Waals surface area contributed by atoms with E-state index in [2.05, 4.69) is 4.98 Å². The number of hydrogen-bond donors (Lipinski definition) is 0. The third-order valence-corrected chi connectivity index (χ3v) is 2.73. The Morgan fingerprint density at radius 1 is 1.28 bits per heavy atom. The minimum absolute atomic E-state index is 0.0625. The monoisotopic (exact) mass is 265 g/mol. The van der Waals surface area contributed by atoms with Crippen molar-refractivity contribution in [2.75, 3.05) is 0 Å². The van der Waals surface area contributed by atoms with Crippen molar-refractivity contribution in [2.45, 2.75) is 19.8 Å². The van der Waals surface area contributed by atoms with Gasteiger partial charge in [0.15, 0.2) is 5.82 Å². The lowest BCUT2D eigenvalue weighted by molar-refractivity contribution is 0.417. The van der Waals surface area contributed by atoms with Gasteiger partial charge in [-0.05, 0) is 23.6 Å². The van der Waals surface area contributed by atoms with Crippen LogP contribution < -0.4 is 4.74 Å². The van der Waals surface area contributed by atoms with Crippen LogP contribution in [-0.4, -0.2) is 4.98 Å². The summed E-state index contributed by atoms with van der Waals surface area (Å²) in [5.74, 6) is 0.270. The molecule has 0 aliphatic carbocycles. The number of ether oxygens (including phenoxy) is 1. The van der Waals surface area contributed by atoms with Crippen LogP contribution in [0.1, 0.15) is 25.3 Å². The molecule has 1 aromatic carbocycles. The Kier molecular flexibility index (Phi) is 3.82. The van der Waals surface area contributed by atoms with Crippen LogP contribution in [0, 0.1) is 5.82 Å². The molecule has 2 aromatic rings. The van der Waals surface area contributed by atoms with Crippen molar-refractivity contribution < 1.29 is 9.13 Å². The second-order valence-corrected chi connectivity index (χ2v) is 4.67. The van der Waals surface area contributed by atoms with Crippen LogP contribution in [0.2, 0.25) is 5.02 Å². The quantitative estimate of drug-likeness (QED) is 0.796. The fraction of sp³-hybridized carbons (Fsp3) is 0.214. The molecule has 0 saturated heterocycles. The predicted molar refractivity (Wildman–Crippen MR) is 69.8 cm³/mol. The van der Waals surface area contributed by atoms with Crippen LogP contribution in [0.25, 0.3) is 0 Å². The van der Waals surface area contributed by atoms with Crippen molar-refractivity contribution >= 4 is 11.6 Å². The third kappa shape index (κ3) is 2.79. The zero-order valence-electron chi connectivity index (χ0n) is 10.2. The Labute approximate surface area is 110 Å². The maximum Gasteiger partial charge on any atom is 0.255 e. The number of aromatic nitrogens is 1. The molecule has 0 radical (unpaired) electrons. The molecule has 0 spiro atoms. The molecule has 4 heteroatoms. The molecule has 2 rings (SSSR count). The smallest absolute Gasteiger partial charge is 0.255 e. The summed E-state index contributed by atoms with van der Waals surface area (Å²) in [5.41, 5.74) is 1.01. The van der Waals surface area contributed by atoms with Gasteiger partial charge in [-0.2, -0.15) is 0 Å². The van der Waals surface area contributed by atoms with E-state index >= 15 is 0 Å². The first-order chi connectivity index (χ1) is 8.58. The fourth-order valence-electron chi connectivity index (χ4n) is 1.63. The number of halogens is 2. The summed E-state index contributed by atoms with van der Waals surface area (Å²) >= 11 is 5.64. The van der Waals surface area contributed by atoms with E-state index in [0.29, 0.717) is 5.75 Å². The van der Waals surface area contributed by atoms with Gasteiger partial charge in [-0.25, -0.2) is 9.37 Å². The van der Waals surface area contributed by atoms with E-state index in [1.807, 2.05) is 32.0 Å². The van der Waals surface area contributed by atoms with Crippen molar-refractivity contribution in [3.05, 3.63) is 52.9 Å². The van der Waals surface area contributed by atoms with E-state index in [9.17, 15) is 4.39 Å². The summed E-state index contributed by atoms with van der Waals surface area (Å²) in [6, 6.07) is 8.70. The number of rotatable bonds is 3. The summed E-state index contributed by atoms with van der Waals surface area (Å²) in [6.07, 6.45) is 1.36. The average Bonchev–Trinajstić information content (AvgIpc) is 2.33. The summed E-state index contributed by atoms with van der Waals surface area (Å²) < 4.78 is 19.1. The second kappa shape index (κ2) is 5.36. The number of benzene rings is 1. The first kappa shape index (κ1) is 12.8. The van der Waals surface area contributed by atoms with Gasteiger partial charge in [0.1, 0.15) is 5.75 Å². The van der Waals surface area contributed by atoms with Gasteiger partial charge in [-0.1, -0.05) is 43.6 Å². The van der Waals surface area contributed by atoms with Gasteiger partial charge in [0.25, 0.3) is 5.88 Å². The standard InChI is InChI=1S/C14H13ClFNO/c1-9(2)11-5-3-4-6-13(11)18-14-12(16)7-10(15)8-17-14/h3-9H,1-2H3. The minimum atomic E-state index is -0.568. The normalized spacial score (nSPS) is 10.7. The third-order valence-electron chi connectivity index (χ3n) is 2.52. The molecule has 0 unspecified atom stereocenters.